The molecule has 0 radical (unpaired) electrons. The van der Waals surface area contributed by atoms with Gasteiger partial charge in [0.1, 0.15) is 5.82 Å². The zero-order valence-corrected chi connectivity index (χ0v) is 22.7. The Morgan fingerprint density at radius 1 is 1.03 bits per heavy atom. The molecule has 10 heteroatoms. The predicted molar refractivity (Wildman–Crippen MR) is 150 cm³/mol. The van der Waals surface area contributed by atoms with Crippen LogP contribution in [0.15, 0.2) is 48.7 Å². The summed E-state index contributed by atoms with van der Waals surface area (Å²) < 4.78 is 0. The van der Waals surface area contributed by atoms with Gasteiger partial charge in [-0.2, -0.15) is 9.99 Å². The summed E-state index contributed by atoms with van der Waals surface area (Å²) in [5.74, 6) is 1.67. The van der Waals surface area contributed by atoms with Gasteiger partial charge in [-0.15, -0.1) is 0 Å². The highest BCUT2D eigenvalue weighted by Crippen LogP contribution is 2.42. The molecule has 3 aromatic rings. The Balaban J connectivity index is 1.42. The lowest BCUT2D eigenvalue weighted by Gasteiger charge is -2.34. The van der Waals surface area contributed by atoms with Crippen molar-refractivity contribution >= 4 is 29.0 Å². The molecule has 2 aliphatic heterocycles. The largest absolute Gasteiger partial charge is 0.395 e. The van der Waals surface area contributed by atoms with Crippen molar-refractivity contribution in [3.63, 3.8) is 0 Å². The number of piperazine rings is 1. The summed E-state index contributed by atoms with van der Waals surface area (Å²) >= 11 is 0. The number of aromatic nitrogens is 3. The van der Waals surface area contributed by atoms with Gasteiger partial charge < -0.3 is 25.3 Å². The molecule has 4 heterocycles. The quantitative estimate of drug-likeness (QED) is 0.411. The molecule has 38 heavy (non-hydrogen) atoms. The average molecular weight is 519 g/mol. The minimum Gasteiger partial charge on any atom is -0.395 e. The molecule has 0 aliphatic carbocycles. The molecule has 2 aromatic heterocycles. The van der Waals surface area contributed by atoms with Crippen LogP contribution in [0.5, 0.6) is 0 Å². The molecule has 2 aliphatic rings. The van der Waals surface area contributed by atoms with Gasteiger partial charge in [-0.3, -0.25) is 0 Å². The molecule has 1 saturated heterocycles. The van der Waals surface area contributed by atoms with Crippen molar-refractivity contribution in [1.82, 2.24) is 24.9 Å². The molecule has 1 unspecified atom stereocenters. The van der Waals surface area contributed by atoms with E-state index in [-0.39, 0.29) is 6.61 Å². The van der Waals surface area contributed by atoms with Crippen LogP contribution in [0.2, 0.25) is 0 Å². The van der Waals surface area contributed by atoms with Crippen LogP contribution in [-0.2, 0) is 5.41 Å². The van der Waals surface area contributed by atoms with Crippen LogP contribution in [0.4, 0.5) is 29.0 Å². The highest BCUT2D eigenvalue weighted by Gasteiger charge is 2.39. The number of hydrazine groups is 1. The summed E-state index contributed by atoms with van der Waals surface area (Å²) in [5.41, 5.74) is 3.00. The predicted octanol–water partition coefficient (Wildman–Crippen LogP) is 3.41. The van der Waals surface area contributed by atoms with Crippen molar-refractivity contribution in [2.45, 2.75) is 38.8 Å². The second-order valence-electron chi connectivity index (χ2n) is 10.7. The third kappa shape index (κ3) is 5.17. The number of aliphatic hydroxyl groups is 2. The lowest BCUT2D eigenvalue weighted by Crippen LogP contribution is -2.44. The maximum atomic E-state index is 11.1. The lowest BCUT2D eigenvalue weighted by molar-refractivity contribution is 0.0162. The number of benzene rings is 1. The first-order valence-electron chi connectivity index (χ1n) is 13.3. The van der Waals surface area contributed by atoms with Crippen LogP contribution in [0.3, 0.4) is 0 Å². The summed E-state index contributed by atoms with van der Waals surface area (Å²) in [6.45, 7) is 10.7. The van der Waals surface area contributed by atoms with Crippen molar-refractivity contribution in [1.29, 1.82) is 0 Å². The maximum absolute atomic E-state index is 11.1. The van der Waals surface area contributed by atoms with Crippen LogP contribution in [0.25, 0.3) is 0 Å². The molecule has 1 fully saturated rings. The number of nitrogens with zero attached hydrogens (tertiary/aromatic N) is 7. The second-order valence-corrected chi connectivity index (χ2v) is 10.7. The van der Waals surface area contributed by atoms with E-state index < -0.39 is 11.6 Å². The second kappa shape index (κ2) is 10.8. The zero-order valence-electron chi connectivity index (χ0n) is 22.7. The first-order chi connectivity index (χ1) is 18.3. The van der Waals surface area contributed by atoms with E-state index in [9.17, 15) is 10.2 Å². The molecule has 3 N–H and O–H groups in total. The normalized spacial score (nSPS) is 18.6. The number of rotatable bonds is 8. The number of nitrogens with one attached hydrogen (secondary N) is 1. The van der Waals surface area contributed by atoms with Gasteiger partial charge in [0.15, 0.2) is 12.0 Å². The molecule has 5 rings (SSSR count). The minimum atomic E-state index is -0.877. The number of hydrogen-bond acceptors (Lipinski definition) is 10. The van der Waals surface area contributed by atoms with E-state index in [0.29, 0.717) is 29.7 Å². The van der Waals surface area contributed by atoms with Gasteiger partial charge in [0.25, 0.3) is 0 Å². The van der Waals surface area contributed by atoms with Crippen molar-refractivity contribution in [2.24, 2.45) is 0 Å². The molecule has 1 atom stereocenters. The Morgan fingerprint density at radius 2 is 1.76 bits per heavy atom. The monoisotopic (exact) mass is 518 g/mol. The first-order valence-corrected chi connectivity index (χ1v) is 13.3. The fourth-order valence-corrected chi connectivity index (χ4v) is 4.83. The summed E-state index contributed by atoms with van der Waals surface area (Å²) in [7, 11) is 2.16. The summed E-state index contributed by atoms with van der Waals surface area (Å²) in [6.07, 6.45) is 1.64. The number of fused-ring (bicyclic) bond motifs is 1. The molecular weight excluding hydrogens is 480 g/mol. The van der Waals surface area contributed by atoms with Crippen LogP contribution in [-0.4, -0.2) is 81.5 Å². The summed E-state index contributed by atoms with van der Waals surface area (Å²) in [5, 5.41) is 28.1. The average Bonchev–Trinajstić information content (AvgIpc) is 3.20. The summed E-state index contributed by atoms with van der Waals surface area (Å²) in [4.78, 5) is 18.9. The van der Waals surface area contributed by atoms with Gasteiger partial charge in [-0.05, 0) is 49.9 Å². The van der Waals surface area contributed by atoms with Gasteiger partial charge in [-0.1, -0.05) is 26.8 Å². The van der Waals surface area contributed by atoms with E-state index in [4.69, 9.17) is 9.97 Å². The Hall–Kier alpha value is -3.31. The van der Waals surface area contributed by atoms with Gasteiger partial charge in [0.2, 0.25) is 5.95 Å². The number of likely N-dealkylation sites (N-methyl/N-ethyl adjacent to an activating group) is 1. The van der Waals surface area contributed by atoms with Crippen molar-refractivity contribution in [3.05, 3.63) is 59.9 Å². The molecule has 0 amide bonds. The van der Waals surface area contributed by atoms with Crippen molar-refractivity contribution in [2.75, 3.05) is 61.6 Å². The van der Waals surface area contributed by atoms with Gasteiger partial charge in [-0.25, -0.2) is 15.0 Å². The molecule has 0 spiro atoms. The molecule has 0 saturated carbocycles. The maximum Gasteiger partial charge on any atom is 0.229 e. The molecule has 202 valence electrons. The molecule has 0 bridgehead atoms. The number of anilines is 5. The van der Waals surface area contributed by atoms with E-state index in [0.717, 1.165) is 44.0 Å². The van der Waals surface area contributed by atoms with Crippen LogP contribution in [0.1, 0.15) is 44.7 Å². The topological polar surface area (TPSA) is 104 Å². The fourth-order valence-electron chi connectivity index (χ4n) is 4.83. The van der Waals surface area contributed by atoms with Crippen molar-refractivity contribution < 1.29 is 10.2 Å². The van der Waals surface area contributed by atoms with Crippen LogP contribution < -0.4 is 15.2 Å². The standard InChI is InChI=1S/C28H38N8O2/c1-5-13-35-26(38)22-18-29-27(30-20-9-11-21(12-10-20)34-16-14-33(4)15-17-34)32-25(22)36(35)24-8-6-7-23(31-24)28(2,3)19-37/h6-12,18,26,37-38H,5,13-17,19H2,1-4H3,(H,29,30,32). The number of aliphatic hydroxyl groups excluding tert-OH is 2. The SMILES string of the molecule is CCCN1C(O)c2cnc(Nc3ccc(N4CCN(C)CC4)cc3)nc2N1c1cccc(C(C)(C)CO)n1. The minimum absolute atomic E-state index is 0.0226. The number of hydrogen-bond donors (Lipinski definition) is 3. The number of pyridine rings is 1. The molecule has 10 nitrogen and oxygen atoms in total. The zero-order chi connectivity index (χ0) is 26.9. The molecular formula is C28H38N8O2. The van der Waals surface area contributed by atoms with Gasteiger partial charge in [0.05, 0.1) is 17.9 Å². The van der Waals surface area contributed by atoms with Gasteiger partial charge in [0, 0.05) is 55.7 Å². The highest BCUT2D eigenvalue weighted by molar-refractivity contribution is 5.66. The third-order valence-electron chi connectivity index (χ3n) is 7.30. The van der Waals surface area contributed by atoms with E-state index in [1.807, 2.05) is 54.2 Å². The van der Waals surface area contributed by atoms with Gasteiger partial charge >= 0.3 is 0 Å². The highest BCUT2D eigenvalue weighted by atomic mass is 16.3. The lowest BCUT2D eigenvalue weighted by atomic mass is 9.90. The molecule has 1 aromatic carbocycles. The van der Waals surface area contributed by atoms with E-state index in [1.54, 1.807) is 6.20 Å². The Kier molecular flexibility index (Phi) is 7.49. The van der Waals surface area contributed by atoms with Crippen LogP contribution >= 0.6 is 0 Å². The Bertz CT molecular complexity index is 1240. The van der Waals surface area contributed by atoms with E-state index in [1.165, 1.54) is 5.69 Å². The van der Waals surface area contributed by atoms with Crippen LogP contribution in [0, 0.1) is 0 Å². The smallest absolute Gasteiger partial charge is 0.229 e. The Labute approximate surface area is 224 Å². The fraction of sp³-hybridized carbons (Fsp3) is 0.464. The summed E-state index contributed by atoms with van der Waals surface area (Å²) in [6, 6.07) is 14.1. The van der Waals surface area contributed by atoms with Crippen molar-refractivity contribution in [3.8, 4) is 0 Å². The Morgan fingerprint density at radius 3 is 2.45 bits per heavy atom. The van der Waals surface area contributed by atoms with E-state index >= 15 is 0 Å². The van der Waals surface area contributed by atoms with E-state index in [2.05, 4.69) is 46.2 Å². The first kappa shape index (κ1) is 26.3. The third-order valence-corrected chi connectivity index (χ3v) is 7.30.